The lowest BCUT2D eigenvalue weighted by molar-refractivity contribution is 0.484. The van der Waals surface area contributed by atoms with Gasteiger partial charge in [-0.3, -0.25) is 0 Å². The molecule has 0 spiro atoms. The third kappa shape index (κ3) is 1.69. The van der Waals surface area contributed by atoms with Crippen molar-refractivity contribution in [3.63, 3.8) is 0 Å². The van der Waals surface area contributed by atoms with Crippen molar-refractivity contribution >= 4 is 0 Å². The van der Waals surface area contributed by atoms with Gasteiger partial charge in [-0.15, -0.1) is 0 Å². The molecule has 78 valence electrons. The van der Waals surface area contributed by atoms with Gasteiger partial charge in [-0.25, -0.2) is 4.98 Å². The Bertz CT molecular complexity index is 325. The molecule has 0 radical (unpaired) electrons. The zero-order chi connectivity index (χ0) is 10.3. The first-order valence-electron chi connectivity index (χ1n) is 5.26. The highest BCUT2D eigenvalue weighted by Crippen LogP contribution is 2.52. The molecule has 2 rings (SSSR count). The smallest absolute Gasteiger partial charge is 0.0948 e. The molecular weight excluding hydrogens is 174 g/mol. The summed E-state index contributed by atoms with van der Waals surface area (Å²) in [6.45, 7) is 7.72. The van der Waals surface area contributed by atoms with E-state index < -0.39 is 0 Å². The Balaban J connectivity index is 2.07. The normalized spacial score (nSPS) is 26.1. The summed E-state index contributed by atoms with van der Waals surface area (Å²) in [5.74, 6) is 0.800. The first-order chi connectivity index (χ1) is 6.50. The number of hydrogen-bond donors (Lipinski definition) is 1. The quantitative estimate of drug-likeness (QED) is 0.797. The Morgan fingerprint density at radius 2 is 2.36 bits per heavy atom. The molecule has 1 aromatic heterocycles. The minimum absolute atomic E-state index is 0.0827. The van der Waals surface area contributed by atoms with Crippen molar-refractivity contribution in [2.75, 3.05) is 0 Å². The Morgan fingerprint density at radius 3 is 2.86 bits per heavy atom. The highest BCUT2D eigenvalue weighted by atomic mass is 15.1. The summed E-state index contributed by atoms with van der Waals surface area (Å²) in [4.78, 5) is 4.15. The maximum atomic E-state index is 5.86. The number of rotatable bonds is 3. The highest BCUT2D eigenvalue weighted by molar-refractivity contribution is 5.05. The van der Waals surface area contributed by atoms with Crippen LogP contribution < -0.4 is 5.73 Å². The first kappa shape index (κ1) is 9.71. The van der Waals surface area contributed by atoms with Crippen molar-refractivity contribution in [3.8, 4) is 0 Å². The average Bonchev–Trinajstić information content (AvgIpc) is 2.52. The van der Waals surface area contributed by atoms with Crippen LogP contribution in [0.2, 0.25) is 0 Å². The van der Waals surface area contributed by atoms with E-state index in [1.54, 1.807) is 0 Å². The number of nitrogens with zero attached hydrogens (tertiary/aromatic N) is 2. The van der Waals surface area contributed by atoms with Crippen molar-refractivity contribution in [3.05, 3.63) is 18.2 Å². The molecule has 1 saturated carbocycles. The van der Waals surface area contributed by atoms with Gasteiger partial charge in [0.15, 0.2) is 0 Å². The fourth-order valence-corrected chi connectivity index (χ4v) is 1.99. The van der Waals surface area contributed by atoms with Crippen molar-refractivity contribution in [2.45, 2.75) is 39.8 Å². The molecule has 0 amide bonds. The summed E-state index contributed by atoms with van der Waals surface area (Å²) < 4.78 is 2.20. The van der Waals surface area contributed by atoms with Gasteiger partial charge < -0.3 is 10.3 Å². The molecule has 1 aliphatic carbocycles. The molecule has 1 fully saturated rings. The third-order valence-electron chi connectivity index (χ3n) is 3.35. The number of aromatic nitrogens is 2. The van der Waals surface area contributed by atoms with Crippen molar-refractivity contribution in [1.82, 2.24) is 9.55 Å². The fraction of sp³-hybridized carbons (Fsp3) is 0.727. The van der Waals surface area contributed by atoms with Gasteiger partial charge in [0.05, 0.1) is 12.0 Å². The summed E-state index contributed by atoms with van der Waals surface area (Å²) in [5, 5.41) is 0. The Kier molecular flexibility index (Phi) is 2.14. The van der Waals surface area contributed by atoms with E-state index in [4.69, 9.17) is 5.73 Å². The van der Waals surface area contributed by atoms with E-state index in [1.807, 2.05) is 19.4 Å². The van der Waals surface area contributed by atoms with Gasteiger partial charge in [0.2, 0.25) is 0 Å². The van der Waals surface area contributed by atoms with Gasteiger partial charge in [-0.05, 0) is 24.7 Å². The number of nitrogens with two attached hydrogens (primary N) is 1. The molecule has 1 unspecified atom stereocenters. The standard InChI is InChI=1S/C11H19N3/c1-8(12)10-5-13-7-14(10)6-9-4-11(9,2)3/h5,7-9H,4,6,12H2,1-3H3/t8-,9?/m1/s1. The zero-order valence-electron chi connectivity index (χ0n) is 9.20. The zero-order valence-corrected chi connectivity index (χ0v) is 9.20. The van der Waals surface area contributed by atoms with E-state index >= 15 is 0 Å². The summed E-state index contributed by atoms with van der Waals surface area (Å²) in [6.07, 6.45) is 5.09. The number of hydrogen-bond acceptors (Lipinski definition) is 2. The van der Waals surface area contributed by atoms with Crippen LogP contribution in [0.25, 0.3) is 0 Å². The molecule has 14 heavy (non-hydrogen) atoms. The van der Waals surface area contributed by atoms with Crippen LogP contribution in [0, 0.1) is 11.3 Å². The molecule has 0 aliphatic heterocycles. The fourth-order valence-electron chi connectivity index (χ4n) is 1.99. The first-order valence-corrected chi connectivity index (χ1v) is 5.26. The molecule has 2 atom stereocenters. The van der Waals surface area contributed by atoms with E-state index in [-0.39, 0.29) is 6.04 Å². The molecule has 0 saturated heterocycles. The van der Waals surface area contributed by atoms with Crippen LogP contribution in [0.5, 0.6) is 0 Å². The van der Waals surface area contributed by atoms with E-state index in [0.29, 0.717) is 5.41 Å². The van der Waals surface area contributed by atoms with Crippen LogP contribution in [0.4, 0.5) is 0 Å². The lowest BCUT2D eigenvalue weighted by Crippen LogP contribution is -2.13. The van der Waals surface area contributed by atoms with Crippen LogP contribution in [-0.4, -0.2) is 9.55 Å². The van der Waals surface area contributed by atoms with E-state index in [2.05, 4.69) is 23.4 Å². The van der Waals surface area contributed by atoms with Gasteiger partial charge in [0.1, 0.15) is 0 Å². The molecule has 1 aromatic rings. The second kappa shape index (κ2) is 3.09. The lowest BCUT2D eigenvalue weighted by atomic mass is 10.1. The lowest BCUT2D eigenvalue weighted by Gasteiger charge is -2.11. The maximum Gasteiger partial charge on any atom is 0.0948 e. The Morgan fingerprint density at radius 1 is 1.71 bits per heavy atom. The number of imidazole rings is 1. The second-order valence-electron chi connectivity index (χ2n) is 5.15. The van der Waals surface area contributed by atoms with Gasteiger partial charge >= 0.3 is 0 Å². The van der Waals surface area contributed by atoms with E-state index in [9.17, 15) is 0 Å². The third-order valence-corrected chi connectivity index (χ3v) is 3.35. The minimum Gasteiger partial charge on any atom is -0.333 e. The topological polar surface area (TPSA) is 43.8 Å². The van der Waals surface area contributed by atoms with Crippen molar-refractivity contribution < 1.29 is 0 Å². The van der Waals surface area contributed by atoms with Crippen molar-refractivity contribution in [2.24, 2.45) is 17.1 Å². The predicted octanol–water partition coefficient (Wildman–Crippen LogP) is 1.95. The molecule has 1 heterocycles. The van der Waals surface area contributed by atoms with Crippen LogP contribution in [0.1, 0.15) is 38.9 Å². The molecule has 1 aliphatic rings. The SMILES string of the molecule is C[C@@H](N)c1cncn1CC1CC1(C)C. The van der Waals surface area contributed by atoms with Crippen LogP contribution in [0.3, 0.4) is 0 Å². The van der Waals surface area contributed by atoms with Crippen molar-refractivity contribution in [1.29, 1.82) is 0 Å². The molecule has 2 N–H and O–H groups in total. The summed E-state index contributed by atoms with van der Waals surface area (Å²) in [5.41, 5.74) is 7.54. The Hall–Kier alpha value is -0.830. The van der Waals surface area contributed by atoms with Crippen LogP contribution >= 0.6 is 0 Å². The maximum absolute atomic E-state index is 5.86. The highest BCUT2D eigenvalue weighted by Gasteiger charge is 2.45. The summed E-state index contributed by atoms with van der Waals surface area (Å²) >= 11 is 0. The summed E-state index contributed by atoms with van der Waals surface area (Å²) in [6, 6.07) is 0.0827. The Labute approximate surface area is 85.3 Å². The largest absolute Gasteiger partial charge is 0.333 e. The monoisotopic (exact) mass is 193 g/mol. The second-order valence-corrected chi connectivity index (χ2v) is 5.15. The molecule has 3 nitrogen and oxygen atoms in total. The average molecular weight is 193 g/mol. The predicted molar refractivity (Wildman–Crippen MR) is 56.7 cm³/mol. The van der Waals surface area contributed by atoms with Gasteiger partial charge in [-0.2, -0.15) is 0 Å². The van der Waals surface area contributed by atoms with Gasteiger partial charge in [0.25, 0.3) is 0 Å². The van der Waals surface area contributed by atoms with Gasteiger partial charge in [-0.1, -0.05) is 13.8 Å². The van der Waals surface area contributed by atoms with E-state index in [0.717, 1.165) is 18.2 Å². The molecule has 0 bridgehead atoms. The summed E-state index contributed by atoms with van der Waals surface area (Å²) in [7, 11) is 0. The van der Waals surface area contributed by atoms with Crippen LogP contribution in [-0.2, 0) is 6.54 Å². The molecule has 0 aromatic carbocycles. The van der Waals surface area contributed by atoms with E-state index in [1.165, 1.54) is 6.42 Å². The minimum atomic E-state index is 0.0827. The van der Waals surface area contributed by atoms with Crippen LogP contribution in [0.15, 0.2) is 12.5 Å². The van der Waals surface area contributed by atoms with Gasteiger partial charge in [0, 0.05) is 18.8 Å². The molecule has 3 heteroatoms. The molecular formula is C11H19N3.